The molecule has 0 saturated heterocycles. The first kappa shape index (κ1) is 40.3. The van der Waals surface area contributed by atoms with Crippen LogP contribution in [0.15, 0.2) is 66.7 Å². The van der Waals surface area contributed by atoms with Crippen LogP contribution in [-0.4, -0.2) is 31.5 Å². The summed E-state index contributed by atoms with van der Waals surface area (Å²) in [6.45, 7) is 6.42. The second-order valence-corrected chi connectivity index (χ2v) is 13.5. The van der Waals surface area contributed by atoms with Crippen LogP contribution in [0.2, 0.25) is 0 Å². The molecule has 3 rings (SSSR count). The summed E-state index contributed by atoms with van der Waals surface area (Å²) in [5.41, 5.74) is 2.52. The Hall–Kier alpha value is -3.12. The monoisotopic (exact) mass is 690 g/mol. The van der Waals surface area contributed by atoms with E-state index in [0.717, 1.165) is 67.8 Å². The van der Waals surface area contributed by atoms with Crippen LogP contribution in [0.1, 0.15) is 140 Å². The number of hydrogen-bond acceptors (Lipinski definition) is 6. The van der Waals surface area contributed by atoms with Gasteiger partial charge in [0.25, 0.3) is 0 Å². The van der Waals surface area contributed by atoms with Crippen molar-refractivity contribution < 1.29 is 23.7 Å². The first-order chi connectivity index (χ1) is 24.1. The lowest BCUT2D eigenvalue weighted by atomic mass is 10.1. The third kappa shape index (κ3) is 16.9. The van der Waals surface area contributed by atoms with Crippen molar-refractivity contribution in [1.29, 1.82) is 0 Å². The van der Waals surface area contributed by atoms with Crippen LogP contribution in [0, 0.1) is 0 Å². The molecule has 0 spiro atoms. The van der Waals surface area contributed by atoms with Crippen LogP contribution < -0.4 is 18.9 Å². The second kappa shape index (κ2) is 25.8. The van der Waals surface area contributed by atoms with Crippen molar-refractivity contribution in [2.75, 3.05) is 25.6 Å². The molecule has 0 bridgehead atoms. The Kier molecular flexibility index (Phi) is 21.2. The molecule has 0 aliphatic rings. The molecular formula is C43H62O5S. The van der Waals surface area contributed by atoms with Gasteiger partial charge in [0.15, 0.2) is 0 Å². The fourth-order valence-corrected chi connectivity index (χ4v) is 5.97. The molecule has 6 heteroatoms. The van der Waals surface area contributed by atoms with Gasteiger partial charge in [0.2, 0.25) is 0 Å². The summed E-state index contributed by atoms with van der Waals surface area (Å²) in [6.07, 6.45) is 22.0. The molecule has 0 amide bonds. The van der Waals surface area contributed by atoms with Crippen molar-refractivity contribution in [3.8, 4) is 34.1 Å². The van der Waals surface area contributed by atoms with Gasteiger partial charge in [-0.3, -0.25) is 0 Å². The molecule has 3 aromatic rings. The summed E-state index contributed by atoms with van der Waals surface area (Å²) in [5.74, 6) is 2.99. The predicted octanol–water partition coefficient (Wildman–Crippen LogP) is 12.7. The molecule has 0 radical (unpaired) electrons. The smallest absolute Gasteiger partial charge is 0.347 e. The maximum atomic E-state index is 13.3. The molecule has 0 fully saturated rings. The van der Waals surface area contributed by atoms with E-state index in [1.807, 2.05) is 48.5 Å². The van der Waals surface area contributed by atoms with Gasteiger partial charge in [-0.15, -0.1) is 0 Å². The molecule has 0 aromatic heterocycles. The number of esters is 1. The van der Waals surface area contributed by atoms with Crippen LogP contribution in [-0.2, 0) is 0 Å². The summed E-state index contributed by atoms with van der Waals surface area (Å²) in [4.78, 5) is 13.3. The Bertz CT molecular complexity index is 1270. The van der Waals surface area contributed by atoms with E-state index in [4.69, 9.17) is 18.9 Å². The number of rotatable bonds is 28. The van der Waals surface area contributed by atoms with Gasteiger partial charge in [-0.2, -0.15) is 12.6 Å². The van der Waals surface area contributed by atoms with Crippen molar-refractivity contribution in [3.05, 3.63) is 72.3 Å². The van der Waals surface area contributed by atoms with Crippen molar-refractivity contribution >= 4 is 18.6 Å². The van der Waals surface area contributed by atoms with Gasteiger partial charge in [-0.05, 0) is 85.4 Å². The lowest BCUT2D eigenvalue weighted by molar-refractivity contribution is 0.0730. The van der Waals surface area contributed by atoms with Gasteiger partial charge in [0, 0.05) is 6.07 Å². The minimum absolute atomic E-state index is 0.392. The predicted molar refractivity (Wildman–Crippen MR) is 208 cm³/mol. The highest BCUT2D eigenvalue weighted by atomic mass is 32.1. The Labute approximate surface area is 302 Å². The lowest BCUT2D eigenvalue weighted by Gasteiger charge is -2.14. The average molecular weight is 691 g/mol. The molecule has 0 aliphatic heterocycles. The molecule has 0 N–H and O–H groups in total. The van der Waals surface area contributed by atoms with Gasteiger partial charge in [0.1, 0.15) is 28.6 Å². The van der Waals surface area contributed by atoms with E-state index >= 15 is 0 Å². The molecule has 0 aliphatic carbocycles. The Morgan fingerprint density at radius 3 is 1.45 bits per heavy atom. The normalized spacial score (nSPS) is 11.0. The molecule has 3 aromatic carbocycles. The maximum Gasteiger partial charge on any atom is 0.347 e. The Morgan fingerprint density at radius 1 is 0.490 bits per heavy atom. The van der Waals surface area contributed by atoms with Crippen LogP contribution in [0.4, 0.5) is 0 Å². The largest absolute Gasteiger partial charge is 0.494 e. The summed E-state index contributed by atoms with van der Waals surface area (Å²) in [5, 5.41) is 0. The number of thiol groups is 1. The molecule has 0 atom stereocenters. The van der Waals surface area contributed by atoms with E-state index in [1.165, 1.54) is 77.0 Å². The third-order valence-electron chi connectivity index (χ3n) is 8.77. The molecule has 270 valence electrons. The minimum Gasteiger partial charge on any atom is -0.494 e. The topological polar surface area (TPSA) is 54.0 Å². The van der Waals surface area contributed by atoms with Crippen molar-refractivity contribution in [3.63, 3.8) is 0 Å². The number of ether oxygens (including phenoxy) is 4. The lowest BCUT2D eigenvalue weighted by Crippen LogP contribution is -2.12. The standard InChI is InChI=1S/C43H62O5S/c1-3-5-7-9-11-12-13-15-17-31-45-38-25-21-36(22-26-38)37-23-27-39(28-24-37)48-43(44)41-30-29-40(46-32-18-14-10-8-6-4-2)35-42(41)47-33-19-16-20-34-49/h21-30,35,49H,3-20,31-34H2,1-2H3. The second-order valence-electron chi connectivity index (χ2n) is 13.0. The number of hydrogen-bond donors (Lipinski definition) is 1. The maximum absolute atomic E-state index is 13.3. The molecule has 0 heterocycles. The Balaban J connectivity index is 1.48. The van der Waals surface area contributed by atoms with Gasteiger partial charge in [-0.1, -0.05) is 122 Å². The van der Waals surface area contributed by atoms with Crippen LogP contribution in [0.3, 0.4) is 0 Å². The number of carbonyl (C=O) groups is 1. The van der Waals surface area contributed by atoms with Crippen molar-refractivity contribution in [2.24, 2.45) is 0 Å². The zero-order valence-corrected chi connectivity index (χ0v) is 31.3. The average Bonchev–Trinajstić information content (AvgIpc) is 3.12. The van der Waals surface area contributed by atoms with E-state index in [0.29, 0.717) is 36.0 Å². The molecule has 49 heavy (non-hydrogen) atoms. The van der Waals surface area contributed by atoms with E-state index in [9.17, 15) is 4.79 Å². The van der Waals surface area contributed by atoms with E-state index in [-0.39, 0.29) is 0 Å². The van der Waals surface area contributed by atoms with Crippen LogP contribution in [0.5, 0.6) is 23.0 Å². The first-order valence-corrected chi connectivity index (χ1v) is 19.8. The first-order valence-electron chi connectivity index (χ1n) is 19.2. The highest BCUT2D eigenvalue weighted by molar-refractivity contribution is 7.80. The van der Waals surface area contributed by atoms with E-state index in [2.05, 4.69) is 38.6 Å². The molecule has 5 nitrogen and oxygen atoms in total. The summed E-state index contributed by atoms with van der Waals surface area (Å²) >= 11 is 4.30. The highest BCUT2D eigenvalue weighted by Crippen LogP contribution is 2.29. The van der Waals surface area contributed by atoms with Gasteiger partial charge in [-0.25, -0.2) is 4.79 Å². The van der Waals surface area contributed by atoms with Crippen LogP contribution in [0.25, 0.3) is 11.1 Å². The SMILES string of the molecule is CCCCCCCCCCCOc1ccc(-c2ccc(OC(=O)c3ccc(OCCCCCCCC)cc3OCCCCCS)cc2)cc1. The van der Waals surface area contributed by atoms with Gasteiger partial charge in [0.05, 0.1) is 19.8 Å². The molecule has 0 saturated carbocycles. The summed E-state index contributed by atoms with van der Waals surface area (Å²) in [7, 11) is 0. The van der Waals surface area contributed by atoms with Gasteiger partial charge < -0.3 is 18.9 Å². The molecule has 0 unspecified atom stereocenters. The number of unbranched alkanes of at least 4 members (excludes halogenated alkanes) is 15. The summed E-state index contributed by atoms with van der Waals surface area (Å²) < 4.78 is 23.9. The number of benzene rings is 3. The van der Waals surface area contributed by atoms with Crippen molar-refractivity contribution in [1.82, 2.24) is 0 Å². The quantitative estimate of drug-likeness (QED) is 0.0356. The Morgan fingerprint density at radius 2 is 0.918 bits per heavy atom. The summed E-state index contributed by atoms with van der Waals surface area (Å²) in [6, 6.07) is 21.2. The van der Waals surface area contributed by atoms with E-state index < -0.39 is 5.97 Å². The highest BCUT2D eigenvalue weighted by Gasteiger charge is 2.17. The minimum atomic E-state index is -0.450. The van der Waals surface area contributed by atoms with Crippen molar-refractivity contribution in [2.45, 2.75) is 129 Å². The van der Waals surface area contributed by atoms with E-state index in [1.54, 1.807) is 6.07 Å². The third-order valence-corrected chi connectivity index (χ3v) is 9.08. The zero-order valence-electron chi connectivity index (χ0n) is 30.4. The number of carbonyl (C=O) groups excluding carboxylic acids is 1. The fraction of sp³-hybridized carbons (Fsp3) is 0.558. The van der Waals surface area contributed by atoms with Crippen LogP contribution >= 0.6 is 12.6 Å². The van der Waals surface area contributed by atoms with Gasteiger partial charge >= 0.3 is 5.97 Å². The molecular weight excluding hydrogens is 629 g/mol. The zero-order chi connectivity index (χ0) is 34.8. The fourth-order valence-electron chi connectivity index (χ4n) is 5.75.